The van der Waals surface area contributed by atoms with E-state index in [-0.39, 0.29) is 0 Å². The summed E-state index contributed by atoms with van der Waals surface area (Å²) in [6.45, 7) is 0. The largest absolute Gasteiger partial charge is 0.309 e. The first kappa shape index (κ1) is 30.6. The van der Waals surface area contributed by atoms with E-state index in [0.29, 0.717) is 17.5 Å². The molecule has 0 N–H and O–H groups in total. The van der Waals surface area contributed by atoms with Crippen molar-refractivity contribution in [3.8, 4) is 62.1 Å². The summed E-state index contributed by atoms with van der Waals surface area (Å²) in [6.07, 6.45) is 0. The first-order chi connectivity index (χ1) is 26.3. The van der Waals surface area contributed by atoms with Crippen molar-refractivity contribution >= 4 is 32.6 Å². The van der Waals surface area contributed by atoms with Crippen LogP contribution in [0.4, 0.5) is 0 Å². The Bertz CT molecular complexity index is 2860. The van der Waals surface area contributed by atoms with Crippen molar-refractivity contribution in [2.75, 3.05) is 0 Å². The van der Waals surface area contributed by atoms with Crippen molar-refractivity contribution in [3.05, 3.63) is 194 Å². The third-order valence-corrected chi connectivity index (χ3v) is 10.0. The van der Waals surface area contributed by atoms with Crippen LogP contribution in [-0.4, -0.2) is 19.5 Å². The van der Waals surface area contributed by atoms with Crippen LogP contribution in [0.15, 0.2) is 194 Å². The van der Waals surface area contributed by atoms with Crippen molar-refractivity contribution in [3.63, 3.8) is 0 Å². The third kappa shape index (κ3) is 5.45. The van der Waals surface area contributed by atoms with Crippen molar-refractivity contribution in [1.82, 2.24) is 19.5 Å². The second kappa shape index (κ2) is 12.9. The third-order valence-electron chi connectivity index (χ3n) is 10.0. The van der Waals surface area contributed by atoms with E-state index < -0.39 is 0 Å². The zero-order valence-electron chi connectivity index (χ0n) is 28.8. The van der Waals surface area contributed by atoms with Gasteiger partial charge in [0.15, 0.2) is 17.5 Å². The van der Waals surface area contributed by atoms with E-state index in [9.17, 15) is 0 Å². The summed E-state index contributed by atoms with van der Waals surface area (Å²) < 4.78 is 2.38. The molecule has 0 aliphatic rings. The first-order valence-corrected chi connectivity index (χ1v) is 17.9. The number of hydrogen-bond donors (Lipinski definition) is 0. The van der Waals surface area contributed by atoms with Crippen LogP contribution < -0.4 is 0 Å². The van der Waals surface area contributed by atoms with E-state index in [1.807, 2.05) is 36.4 Å². The van der Waals surface area contributed by atoms with E-state index in [0.717, 1.165) is 55.3 Å². The molecule has 8 aromatic carbocycles. The van der Waals surface area contributed by atoms with Crippen LogP contribution in [0, 0.1) is 0 Å². The van der Waals surface area contributed by atoms with Gasteiger partial charge in [0.2, 0.25) is 0 Å². The molecule has 0 saturated heterocycles. The average Bonchev–Trinajstić information content (AvgIpc) is 3.58. The van der Waals surface area contributed by atoms with Gasteiger partial charge in [0.05, 0.1) is 11.0 Å². The SMILES string of the molecule is c1ccc(-c2ccc3c(c2)c2c(-c4cc5ccccc5cc4-c4nc(-c5ccccc5)nc(-c5ccccc5)n4)cccc2n3-c2ccccc2)cc1. The van der Waals surface area contributed by atoms with Crippen molar-refractivity contribution in [2.24, 2.45) is 0 Å². The lowest BCUT2D eigenvalue weighted by molar-refractivity contribution is 1.07. The van der Waals surface area contributed by atoms with Crippen LogP contribution in [-0.2, 0) is 0 Å². The molecule has 248 valence electrons. The molecule has 0 spiro atoms. The minimum atomic E-state index is 0.632. The summed E-state index contributed by atoms with van der Waals surface area (Å²) in [5.41, 5.74) is 10.8. The van der Waals surface area contributed by atoms with Crippen LogP contribution in [0.2, 0.25) is 0 Å². The maximum Gasteiger partial charge on any atom is 0.164 e. The number of rotatable bonds is 6. The molecule has 2 heterocycles. The quantitative estimate of drug-likeness (QED) is 0.176. The Kier molecular flexibility index (Phi) is 7.43. The minimum Gasteiger partial charge on any atom is -0.309 e. The summed E-state index contributed by atoms with van der Waals surface area (Å²) in [5, 5.41) is 4.65. The first-order valence-electron chi connectivity index (χ1n) is 17.9. The van der Waals surface area contributed by atoms with Gasteiger partial charge in [-0.2, -0.15) is 0 Å². The van der Waals surface area contributed by atoms with Gasteiger partial charge in [-0.1, -0.05) is 152 Å². The summed E-state index contributed by atoms with van der Waals surface area (Å²) >= 11 is 0. The Morgan fingerprint density at radius 2 is 0.849 bits per heavy atom. The summed E-state index contributed by atoms with van der Waals surface area (Å²) in [4.78, 5) is 15.4. The highest BCUT2D eigenvalue weighted by Crippen LogP contribution is 2.44. The molecule has 10 rings (SSSR count). The highest BCUT2D eigenvalue weighted by Gasteiger charge is 2.22. The van der Waals surface area contributed by atoms with Crippen LogP contribution >= 0.6 is 0 Å². The predicted molar refractivity (Wildman–Crippen MR) is 219 cm³/mol. The molecule has 4 heteroatoms. The molecular weight excluding hydrogens is 645 g/mol. The van der Waals surface area contributed by atoms with Gasteiger partial charge < -0.3 is 4.57 Å². The zero-order valence-corrected chi connectivity index (χ0v) is 28.8. The van der Waals surface area contributed by atoms with Gasteiger partial charge in [0.1, 0.15) is 0 Å². The normalized spacial score (nSPS) is 11.4. The van der Waals surface area contributed by atoms with Gasteiger partial charge in [-0.25, -0.2) is 15.0 Å². The summed E-state index contributed by atoms with van der Waals surface area (Å²) in [6, 6.07) is 68.2. The van der Waals surface area contributed by atoms with E-state index in [2.05, 4.69) is 162 Å². The Morgan fingerprint density at radius 3 is 1.47 bits per heavy atom. The molecular formula is C49H32N4. The number of aromatic nitrogens is 4. The number of hydrogen-bond acceptors (Lipinski definition) is 3. The van der Waals surface area contributed by atoms with Gasteiger partial charge in [0.25, 0.3) is 0 Å². The second-order valence-corrected chi connectivity index (χ2v) is 13.3. The molecule has 10 aromatic rings. The van der Waals surface area contributed by atoms with Crippen molar-refractivity contribution < 1.29 is 0 Å². The molecule has 2 aromatic heterocycles. The monoisotopic (exact) mass is 676 g/mol. The molecule has 4 nitrogen and oxygen atoms in total. The number of para-hydroxylation sites is 1. The topological polar surface area (TPSA) is 43.6 Å². The second-order valence-electron chi connectivity index (χ2n) is 13.3. The lowest BCUT2D eigenvalue weighted by Crippen LogP contribution is -2.01. The van der Waals surface area contributed by atoms with Crippen molar-refractivity contribution in [1.29, 1.82) is 0 Å². The van der Waals surface area contributed by atoms with Crippen LogP contribution in [0.5, 0.6) is 0 Å². The summed E-state index contributed by atoms with van der Waals surface area (Å²) in [5.74, 6) is 1.91. The van der Waals surface area contributed by atoms with Gasteiger partial charge >= 0.3 is 0 Å². The molecule has 0 fully saturated rings. The standard InChI is InChI=1S/C49H32N4/c1-5-16-33(17-6-1)38-28-29-44-43(32-38)46-40(26-15-27-45(46)53(44)39-24-11-4-12-25-39)41-30-36-22-13-14-23-37(36)31-42(41)49-51-47(34-18-7-2-8-19-34)50-48(52-49)35-20-9-3-10-21-35/h1-32H. The smallest absolute Gasteiger partial charge is 0.164 e. The molecule has 53 heavy (non-hydrogen) atoms. The fraction of sp³-hybridized carbons (Fsp3) is 0. The number of fused-ring (bicyclic) bond motifs is 4. The van der Waals surface area contributed by atoms with Gasteiger partial charge in [-0.3, -0.25) is 0 Å². The molecule has 0 bridgehead atoms. The lowest BCUT2D eigenvalue weighted by atomic mass is 9.91. The Labute approximate surface area is 307 Å². The highest BCUT2D eigenvalue weighted by molar-refractivity contribution is 6.18. The Hall–Kier alpha value is -7.17. The van der Waals surface area contributed by atoms with Crippen molar-refractivity contribution in [2.45, 2.75) is 0 Å². The summed E-state index contributed by atoms with van der Waals surface area (Å²) in [7, 11) is 0. The molecule has 0 unspecified atom stereocenters. The van der Waals surface area contributed by atoms with E-state index in [4.69, 9.17) is 15.0 Å². The fourth-order valence-corrected chi connectivity index (χ4v) is 7.54. The minimum absolute atomic E-state index is 0.632. The van der Waals surface area contributed by atoms with Gasteiger partial charge in [-0.15, -0.1) is 0 Å². The molecule has 0 atom stereocenters. The molecule has 0 aliphatic heterocycles. The highest BCUT2D eigenvalue weighted by atomic mass is 15.0. The Balaban J connectivity index is 1.30. The molecule has 0 saturated carbocycles. The zero-order chi connectivity index (χ0) is 35.1. The number of nitrogens with zero attached hydrogens (tertiary/aromatic N) is 4. The van der Waals surface area contributed by atoms with Crippen LogP contribution in [0.25, 0.3) is 94.7 Å². The number of benzene rings is 8. The van der Waals surface area contributed by atoms with Gasteiger partial charge in [-0.05, 0) is 75.5 Å². The average molecular weight is 677 g/mol. The molecule has 0 radical (unpaired) electrons. The maximum atomic E-state index is 5.21. The predicted octanol–water partition coefficient (Wildman–Crippen LogP) is 12.5. The fourth-order valence-electron chi connectivity index (χ4n) is 7.54. The van der Waals surface area contributed by atoms with E-state index >= 15 is 0 Å². The van der Waals surface area contributed by atoms with Gasteiger partial charge in [0, 0.05) is 33.2 Å². The lowest BCUT2D eigenvalue weighted by Gasteiger charge is -2.15. The maximum absolute atomic E-state index is 5.21. The van der Waals surface area contributed by atoms with Crippen LogP contribution in [0.1, 0.15) is 0 Å². The molecule has 0 amide bonds. The van der Waals surface area contributed by atoms with E-state index in [1.54, 1.807) is 0 Å². The van der Waals surface area contributed by atoms with E-state index in [1.165, 1.54) is 21.9 Å². The Morgan fingerprint density at radius 1 is 0.321 bits per heavy atom. The van der Waals surface area contributed by atoms with Crippen LogP contribution in [0.3, 0.4) is 0 Å². The molecule has 0 aliphatic carbocycles.